The number of nitrogens with zero attached hydrogens (tertiary/aromatic N) is 1. The summed E-state index contributed by atoms with van der Waals surface area (Å²) in [5.74, 6) is -12.4. The van der Waals surface area contributed by atoms with Gasteiger partial charge in [-0.25, -0.2) is 0 Å². The highest BCUT2D eigenvalue weighted by atomic mass is 16.7. The zero-order chi connectivity index (χ0) is 104. The third kappa shape index (κ3) is 55.0. The Kier molecular flexibility index (Phi) is 61.7. The lowest BCUT2D eigenvalue weighted by Gasteiger charge is -2.44. The van der Waals surface area contributed by atoms with Gasteiger partial charge in [0.1, 0.15) is 62.3 Å². The number of esters is 9. The lowest BCUT2D eigenvalue weighted by molar-refractivity contribution is -0.277. The fourth-order valence-corrected chi connectivity index (χ4v) is 15.2. The van der Waals surface area contributed by atoms with Gasteiger partial charge in [0, 0.05) is 207 Å². The van der Waals surface area contributed by atoms with E-state index in [1.165, 1.54) is 25.7 Å². The minimum Gasteiger partial charge on any atom is -0.481 e. The summed E-state index contributed by atoms with van der Waals surface area (Å²) in [5, 5.41) is 36.6. The molecule has 11 amide bonds. The maximum atomic E-state index is 14.4. The number of aliphatic carboxylic acids is 1. The molecule has 3 saturated heterocycles. The summed E-state index contributed by atoms with van der Waals surface area (Å²) in [5.41, 5.74) is 0. The second-order valence-electron chi connectivity index (χ2n) is 34.1. The molecule has 0 spiro atoms. The monoisotopic (exact) mass is 2000 g/mol. The molecule has 3 aliphatic rings. The first-order chi connectivity index (χ1) is 66.5. The summed E-state index contributed by atoms with van der Waals surface area (Å²) in [6, 6.07) is -4.74. The second kappa shape index (κ2) is 70.3. The van der Waals surface area contributed by atoms with Gasteiger partial charge >= 0.3 is 59.7 Å². The summed E-state index contributed by atoms with van der Waals surface area (Å²) in [7, 11) is 0. The number of nitrogens with one attached hydrogen (secondary N) is 10. The van der Waals surface area contributed by atoms with E-state index in [1.807, 2.05) is 0 Å². The number of hydrogen-bond acceptors (Lipinski definition) is 36. The molecule has 48 heteroatoms. The highest BCUT2D eigenvalue weighted by molar-refractivity contribution is 5.89. The van der Waals surface area contributed by atoms with Crippen molar-refractivity contribution < 1.29 is 177 Å². The van der Waals surface area contributed by atoms with Gasteiger partial charge < -0.3 is 134 Å². The van der Waals surface area contributed by atoms with E-state index in [9.17, 15) is 101 Å². The Morgan fingerprint density at radius 2 is 0.543 bits per heavy atom. The Morgan fingerprint density at radius 1 is 0.286 bits per heavy atom. The van der Waals surface area contributed by atoms with Crippen molar-refractivity contribution >= 4 is 125 Å². The average Bonchev–Trinajstić information content (AvgIpc) is 0.794. The summed E-state index contributed by atoms with van der Waals surface area (Å²) in [4.78, 5) is 266. The molecule has 11 N–H and O–H groups in total. The number of carbonyl (C=O) groups excluding carboxylic acids is 20. The fraction of sp³-hybridized carbons (Fsp3) is 0.772. The molecule has 0 saturated carbocycles. The molecule has 0 aromatic carbocycles. The predicted octanol–water partition coefficient (Wildman–Crippen LogP) is 1.41. The molecule has 0 aliphatic carbocycles. The van der Waals surface area contributed by atoms with E-state index in [1.54, 1.807) is 0 Å². The third-order valence-corrected chi connectivity index (χ3v) is 21.6. The summed E-state index contributed by atoms with van der Waals surface area (Å²) >= 11 is 0. The van der Waals surface area contributed by atoms with Crippen LogP contribution in [0.15, 0.2) is 0 Å². The summed E-state index contributed by atoms with van der Waals surface area (Å²) in [6.07, 6.45) is -5.11. The van der Waals surface area contributed by atoms with Crippen molar-refractivity contribution in [1.29, 1.82) is 0 Å². The molecule has 794 valence electrons. The van der Waals surface area contributed by atoms with Gasteiger partial charge in [-0.3, -0.25) is 101 Å². The van der Waals surface area contributed by atoms with Crippen LogP contribution in [0.4, 0.5) is 0 Å². The standard InChI is InChI=1S/C92H149N11O37/c1-56(104)99-80-86(135-65(10)113)83(132-62(7)110)69(53-129-59(4)107)138-90(80)126-50-30-23-35-72(116)93-42-27-20-33-75(119)96-46-48-103(49-47-97-76(120)34-21-28-43-94-73(117)36-24-31-51-127-91-81(100-57(2)105)87(136-66(11)114)84(133-63(8)111)70(139-91)54-130-60(5)108)78(122)41-40-68(89(125)98-45-26-18-16-14-13-15-17-19-39-79(123)124)102-77(121)38-22-29-44-95-74(118)37-25-32-52-128-92-82(101-58(3)106)88(137-67(12)115)85(134-64(9)112)71(140-92)55-131-61(6)109/h68-71,80-88,90-92H,13-55H2,1-12H3,(H,93,116)(H,94,117)(H,95,118)(H,96,119)(H,97,120)(H,98,125)(H,99,104)(H,100,105)(H,101,106)(H,102,121)(H,123,124)/t68-,69?,70?,71?,80?,81?,82?,83?,84?,85?,86?,87?,88?,90?,91?,92?/m0/s1. The molecular weight excluding hydrogens is 1850 g/mol. The molecule has 0 aromatic rings. The Morgan fingerprint density at radius 3 is 0.836 bits per heavy atom. The zero-order valence-electron chi connectivity index (χ0n) is 82.7. The van der Waals surface area contributed by atoms with Crippen molar-refractivity contribution in [3.8, 4) is 0 Å². The maximum absolute atomic E-state index is 14.4. The van der Waals surface area contributed by atoms with Gasteiger partial charge in [-0.1, -0.05) is 38.5 Å². The molecule has 3 fully saturated rings. The fourth-order valence-electron chi connectivity index (χ4n) is 15.2. The Bertz CT molecular complexity index is 3830. The number of carboxylic acids is 1. The third-order valence-electron chi connectivity index (χ3n) is 21.6. The topological polar surface area (TPSA) is 641 Å². The van der Waals surface area contributed by atoms with Crippen LogP contribution in [0.3, 0.4) is 0 Å². The number of ether oxygens (including phenoxy) is 15. The van der Waals surface area contributed by atoms with E-state index in [-0.39, 0.29) is 166 Å². The minimum atomic E-state index is -1.33. The highest BCUT2D eigenvalue weighted by Gasteiger charge is 2.55. The van der Waals surface area contributed by atoms with Gasteiger partial charge in [0.25, 0.3) is 0 Å². The van der Waals surface area contributed by atoms with Crippen LogP contribution in [-0.4, -0.2) is 325 Å². The first-order valence-corrected chi connectivity index (χ1v) is 48.0. The van der Waals surface area contributed by atoms with E-state index < -0.39 is 213 Å². The van der Waals surface area contributed by atoms with Crippen molar-refractivity contribution in [2.45, 2.75) is 367 Å². The quantitative estimate of drug-likeness (QED) is 0.0233. The van der Waals surface area contributed by atoms with Gasteiger partial charge in [-0.05, 0) is 96.3 Å². The first kappa shape index (κ1) is 123. The Labute approximate surface area is 815 Å². The minimum absolute atomic E-state index is 0.0163. The zero-order valence-corrected chi connectivity index (χ0v) is 82.7. The number of rotatable bonds is 70. The van der Waals surface area contributed by atoms with Gasteiger partial charge in [-0.2, -0.15) is 0 Å². The van der Waals surface area contributed by atoms with Crippen LogP contribution >= 0.6 is 0 Å². The van der Waals surface area contributed by atoms with Crippen LogP contribution in [0.2, 0.25) is 0 Å². The van der Waals surface area contributed by atoms with Crippen LogP contribution < -0.4 is 53.2 Å². The van der Waals surface area contributed by atoms with Crippen molar-refractivity contribution in [2.24, 2.45) is 0 Å². The lowest BCUT2D eigenvalue weighted by Crippen LogP contribution is -2.66. The van der Waals surface area contributed by atoms with Gasteiger partial charge in [0.15, 0.2) is 55.5 Å². The SMILES string of the molecule is CC(=O)NC1C(OCCCCC(=O)NCCCCC(=O)NCCN(CCNC(=O)CCCCNC(=O)CCCCOC2OC(COC(C)=O)C(OC(C)=O)C(OC(C)=O)C2NC(C)=O)C(=O)CC[C@H](NC(=O)CCCCNC(=O)CCCCOC2OC(COC(C)=O)C(OC(C)=O)C(OC(C)=O)C2NC(C)=O)C(=O)NCCCCCCCCCCC(=O)O)OC(COC(C)=O)C(OC(C)=O)C1OC(C)=O. The molecule has 16 atom stereocenters. The number of hydrogen-bond donors (Lipinski definition) is 11. The molecule has 3 rings (SSSR count). The number of unbranched alkanes of at least 4 members (excludes halogenated alkanes) is 13. The van der Waals surface area contributed by atoms with Crippen LogP contribution in [-0.2, 0) is 172 Å². The van der Waals surface area contributed by atoms with Gasteiger partial charge in [0.05, 0.1) is 0 Å². The van der Waals surface area contributed by atoms with Crippen molar-refractivity contribution in [1.82, 2.24) is 58.1 Å². The number of amides is 11. The molecule has 140 heavy (non-hydrogen) atoms. The average molecular weight is 2000 g/mol. The first-order valence-electron chi connectivity index (χ1n) is 48.0. The number of carbonyl (C=O) groups is 21. The lowest BCUT2D eigenvalue weighted by atomic mass is 9.96. The Hall–Kier alpha value is -11.4. The smallest absolute Gasteiger partial charge is 0.303 e. The molecule has 48 nitrogen and oxygen atoms in total. The molecule has 3 aliphatic heterocycles. The van der Waals surface area contributed by atoms with Crippen LogP contribution in [0.1, 0.15) is 269 Å². The maximum Gasteiger partial charge on any atom is 0.303 e. The van der Waals surface area contributed by atoms with E-state index in [0.29, 0.717) is 83.5 Å². The second-order valence-corrected chi connectivity index (χ2v) is 34.1. The van der Waals surface area contributed by atoms with Crippen LogP contribution in [0.5, 0.6) is 0 Å². The predicted molar refractivity (Wildman–Crippen MR) is 488 cm³/mol. The summed E-state index contributed by atoms with van der Waals surface area (Å²) < 4.78 is 84.3. The van der Waals surface area contributed by atoms with Crippen molar-refractivity contribution in [3.05, 3.63) is 0 Å². The van der Waals surface area contributed by atoms with Gasteiger partial charge in [0.2, 0.25) is 65.0 Å². The molecule has 0 radical (unpaired) electrons. The normalized spacial score (nSPS) is 20.9. The van der Waals surface area contributed by atoms with E-state index in [2.05, 4.69) is 53.2 Å². The number of carboxylic acid groups (broad SMARTS) is 1. The van der Waals surface area contributed by atoms with Crippen LogP contribution in [0.25, 0.3) is 0 Å². The molecule has 0 bridgehead atoms. The van der Waals surface area contributed by atoms with Crippen LogP contribution in [0, 0.1) is 0 Å². The van der Waals surface area contributed by atoms with Crippen molar-refractivity contribution in [2.75, 3.05) is 92.0 Å². The van der Waals surface area contributed by atoms with E-state index >= 15 is 0 Å². The largest absolute Gasteiger partial charge is 0.481 e. The van der Waals surface area contributed by atoms with Gasteiger partial charge in [-0.15, -0.1) is 0 Å². The molecular formula is C92H149N11O37. The summed E-state index contributed by atoms with van der Waals surface area (Å²) in [6.45, 7) is 13.1. The van der Waals surface area contributed by atoms with Crippen molar-refractivity contribution in [3.63, 3.8) is 0 Å². The Balaban J connectivity index is 1.68. The molecule has 0 aromatic heterocycles. The van der Waals surface area contributed by atoms with E-state index in [0.717, 1.165) is 101 Å². The molecule has 3 heterocycles. The van der Waals surface area contributed by atoms with E-state index in [4.69, 9.17) is 76.2 Å². The highest BCUT2D eigenvalue weighted by Crippen LogP contribution is 2.32. The molecule has 15 unspecified atom stereocenters.